The molecule has 5 nitrogen and oxygen atoms in total. The fraction of sp³-hybridized carbons (Fsp3) is 0.750. The van der Waals surface area contributed by atoms with Gasteiger partial charge in [0, 0.05) is 0 Å². The van der Waals surface area contributed by atoms with E-state index in [1.807, 2.05) is 6.92 Å². The number of hydrogen-bond acceptors (Lipinski definition) is 3. The van der Waals surface area contributed by atoms with E-state index >= 15 is 0 Å². The second kappa shape index (κ2) is 6.28. The number of nitrogens with one attached hydrogen (secondary N) is 1. The second-order valence-electron chi connectivity index (χ2n) is 2.69. The van der Waals surface area contributed by atoms with Gasteiger partial charge in [-0.2, -0.15) is 0 Å². The van der Waals surface area contributed by atoms with Gasteiger partial charge in [-0.05, 0) is 13.3 Å². The summed E-state index contributed by atoms with van der Waals surface area (Å²) in [5.41, 5.74) is 0. The minimum atomic E-state index is -1.08. The highest BCUT2D eigenvalue weighted by molar-refractivity contribution is 5.79. The molecule has 5 heteroatoms. The van der Waals surface area contributed by atoms with Crippen molar-refractivity contribution in [2.24, 2.45) is 0 Å². The molecule has 0 bridgehead atoms. The van der Waals surface area contributed by atoms with Crippen LogP contribution in [0.5, 0.6) is 0 Å². The van der Waals surface area contributed by atoms with Crippen LogP contribution in [0.1, 0.15) is 26.7 Å². The van der Waals surface area contributed by atoms with Gasteiger partial charge < -0.3 is 15.2 Å². The van der Waals surface area contributed by atoms with E-state index in [1.165, 1.54) is 6.92 Å². The summed E-state index contributed by atoms with van der Waals surface area (Å²) >= 11 is 0. The van der Waals surface area contributed by atoms with Crippen LogP contribution in [0.4, 0.5) is 4.79 Å². The number of amides is 1. The normalized spacial score (nSPS) is 11.8. The Morgan fingerprint density at radius 1 is 1.54 bits per heavy atom. The van der Waals surface area contributed by atoms with Gasteiger partial charge in [-0.3, -0.25) is 4.79 Å². The van der Waals surface area contributed by atoms with Crippen molar-refractivity contribution in [1.82, 2.24) is 5.32 Å². The molecule has 0 spiro atoms. The van der Waals surface area contributed by atoms with Crippen LogP contribution in [0.3, 0.4) is 0 Å². The van der Waals surface area contributed by atoms with E-state index in [1.54, 1.807) is 0 Å². The standard InChI is InChI=1S/C8H15NO4/c1-3-4-5-13-8(12)9-6(2)7(10)11/h6H,3-5H2,1-2H3,(H,9,12)(H,10,11). The molecule has 1 amide bonds. The van der Waals surface area contributed by atoms with Gasteiger partial charge in [0.15, 0.2) is 0 Å². The highest BCUT2D eigenvalue weighted by Crippen LogP contribution is 1.89. The third-order valence-electron chi connectivity index (χ3n) is 1.44. The number of hydrogen-bond donors (Lipinski definition) is 2. The number of carbonyl (C=O) groups is 2. The number of aliphatic carboxylic acids is 1. The van der Waals surface area contributed by atoms with Crippen LogP contribution in [-0.4, -0.2) is 29.8 Å². The van der Waals surface area contributed by atoms with Gasteiger partial charge in [0.05, 0.1) is 6.61 Å². The van der Waals surface area contributed by atoms with Crippen molar-refractivity contribution in [3.05, 3.63) is 0 Å². The minimum Gasteiger partial charge on any atom is -0.480 e. The molecule has 0 saturated heterocycles. The van der Waals surface area contributed by atoms with Crippen LogP contribution in [-0.2, 0) is 9.53 Å². The van der Waals surface area contributed by atoms with Crippen LogP contribution in [0, 0.1) is 0 Å². The molecule has 0 aliphatic heterocycles. The lowest BCUT2D eigenvalue weighted by Crippen LogP contribution is -2.38. The summed E-state index contributed by atoms with van der Waals surface area (Å²) < 4.78 is 4.69. The van der Waals surface area contributed by atoms with Gasteiger partial charge in [0.25, 0.3) is 0 Å². The molecule has 0 aromatic heterocycles. The first-order valence-corrected chi connectivity index (χ1v) is 4.24. The molecule has 2 N–H and O–H groups in total. The van der Waals surface area contributed by atoms with Crippen LogP contribution < -0.4 is 5.32 Å². The van der Waals surface area contributed by atoms with E-state index in [0.29, 0.717) is 6.61 Å². The summed E-state index contributed by atoms with van der Waals surface area (Å²) in [6, 6.07) is -0.908. The van der Waals surface area contributed by atoms with E-state index in [4.69, 9.17) is 5.11 Å². The predicted octanol–water partition coefficient (Wildman–Crippen LogP) is 0.986. The van der Waals surface area contributed by atoms with Crippen molar-refractivity contribution in [2.45, 2.75) is 32.7 Å². The van der Waals surface area contributed by atoms with Gasteiger partial charge in [-0.15, -0.1) is 0 Å². The number of carbonyl (C=O) groups excluding carboxylic acids is 1. The predicted molar refractivity (Wildman–Crippen MR) is 46.5 cm³/mol. The van der Waals surface area contributed by atoms with Crippen molar-refractivity contribution in [3.63, 3.8) is 0 Å². The molecule has 1 atom stereocenters. The smallest absolute Gasteiger partial charge is 0.407 e. The fourth-order valence-corrected chi connectivity index (χ4v) is 0.589. The summed E-state index contributed by atoms with van der Waals surface area (Å²) in [5.74, 6) is -1.08. The molecule has 76 valence electrons. The number of carboxylic acids is 1. The summed E-state index contributed by atoms with van der Waals surface area (Å²) in [5, 5.41) is 10.6. The van der Waals surface area contributed by atoms with E-state index < -0.39 is 18.1 Å². The number of rotatable bonds is 5. The average Bonchev–Trinajstić information content (AvgIpc) is 2.04. The Morgan fingerprint density at radius 2 is 2.15 bits per heavy atom. The van der Waals surface area contributed by atoms with Crippen LogP contribution >= 0.6 is 0 Å². The monoisotopic (exact) mass is 189 g/mol. The van der Waals surface area contributed by atoms with Crippen LogP contribution in [0.25, 0.3) is 0 Å². The zero-order valence-electron chi connectivity index (χ0n) is 7.87. The Hall–Kier alpha value is -1.26. The average molecular weight is 189 g/mol. The maximum atomic E-state index is 10.8. The lowest BCUT2D eigenvalue weighted by Gasteiger charge is -2.09. The zero-order chi connectivity index (χ0) is 10.3. The van der Waals surface area contributed by atoms with Gasteiger partial charge in [0.1, 0.15) is 6.04 Å². The highest BCUT2D eigenvalue weighted by atomic mass is 16.5. The summed E-state index contributed by atoms with van der Waals surface area (Å²) in [4.78, 5) is 21.1. The topological polar surface area (TPSA) is 75.6 Å². The molecule has 0 aliphatic rings. The van der Waals surface area contributed by atoms with Crippen LogP contribution in [0.15, 0.2) is 0 Å². The van der Waals surface area contributed by atoms with E-state index in [2.05, 4.69) is 10.1 Å². The van der Waals surface area contributed by atoms with Gasteiger partial charge >= 0.3 is 12.1 Å². The molecular weight excluding hydrogens is 174 g/mol. The Balaban J connectivity index is 3.56. The molecule has 1 unspecified atom stereocenters. The molecule has 0 heterocycles. The largest absolute Gasteiger partial charge is 0.480 e. The molecule has 0 aliphatic carbocycles. The van der Waals surface area contributed by atoms with Crippen molar-refractivity contribution in [3.8, 4) is 0 Å². The van der Waals surface area contributed by atoms with E-state index in [9.17, 15) is 9.59 Å². The Bertz CT molecular complexity index is 181. The summed E-state index contributed by atoms with van der Waals surface area (Å²) in [6.45, 7) is 3.68. The Morgan fingerprint density at radius 3 is 2.62 bits per heavy atom. The van der Waals surface area contributed by atoms with Crippen molar-refractivity contribution in [2.75, 3.05) is 6.61 Å². The highest BCUT2D eigenvalue weighted by Gasteiger charge is 2.13. The second-order valence-corrected chi connectivity index (χ2v) is 2.69. The van der Waals surface area contributed by atoms with Gasteiger partial charge in [-0.25, -0.2) is 4.79 Å². The van der Waals surface area contributed by atoms with Crippen LogP contribution in [0.2, 0.25) is 0 Å². The maximum absolute atomic E-state index is 10.8. The van der Waals surface area contributed by atoms with E-state index in [-0.39, 0.29) is 0 Å². The zero-order valence-corrected chi connectivity index (χ0v) is 7.87. The number of ether oxygens (including phenoxy) is 1. The molecule has 0 aromatic rings. The first-order chi connectivity index (χ1) is 6.07. The SMILES string of the molecule is CCCCOC(=O)NC(C)C(=O)O. The third kappa shape index (κ3) is 5.95. The van der Waals surface area contributed by atoms with Gasteiger partial charge in [-0.1, -0.05) is 13.3 Å². The lowest BCUT2D eigenvalue weighted by atomic mass is 10.3. The number of unbranched alkanes of at least 4 members (excludes halogenated alkanes) is 1. The first-order valence-electron chi connectivity index (χ1n) is 4.24. The minimum absolute atomic E-state index is 0.328. The van der Waals surface area contributed by atoms with Gasteiger partial charge in [0.2, 0.25) is 0 Å². The molecule has 0 fully saturated rings. The van der Waals surface area contributed by atoms with Crippen molar-refractivity contribution < 1.29 is 19.4 Å². The lowest BCUT2D eigenvalue weighted by molar-refractivity contribution is -0.138. The quantitative estimate of drug-likeness (QED) is 0.632. The molecule has 0 rings (SSSR count). The summed E-state index contributed by atoms with van der Waals surface area (Å²) in [6.07, 6.45) is 1.04. The molecule has 0 aromatic carbocycles. The third-order valence-corrected chi connectivity index (χ3v) is 1.44. The number of alkyl carbamates (subject to hydrolysis) is 1. The molecule has 13 heavy (non-hydrogen) atoms. The molecule has 0 saturated carbocycles. The fourth-order valence-electron chi connectivity index (χ4n) is 0.589. The molecular formula is C8H15NO4. The maximum Gasteiger partial charge on any atom is 0.407 e. The molecule has 0 radical (unpaired) electrons. The number of carboxylic acid groups (broad SMARTS) is 1. The first kappa shape index (κ1) is 11.7. The Labute approximate surface area is 77.1 Å². The van der Waals surface area contributed by atoms with E-state index in [0.717, 1.165) is 12.8 Å². The van der Waals surface area contributed by atoms with Crippen molar-refractivity contribution in [1.29, 1.82) is 0 Å². The Kier molecular flexibility index (Phi) is 5.67. The van der Waals surface area contributed by atoms with Crippen molar-refractivity contribution >= 4 is 12.1 Å². The summed E-state index contributed by atoms with van der Waals surface area (Å²) in [7, 11) is 0.